The van der Waals surface area contributed by atoms with Crippen LogP contribution in [0.5, 0.6) is 11.5 Å². The number of rotatable bonds is 6. The predicted molar refractivity (Wildman–Crippen MR) is 138 cm³/mol. The molecule has 6 rings (SSSR count). The molecule has 0 radical (unpaired) electrons. The standard InChI is InChI=1S/C30H24F2N2O3/c31-30(32)37-23-9-5-19(6-10-23)18-36-24-11-12-27-26(16-24)25-13-14-33-17-28(25)34(27)29(35)22-8-7-20-3-1-2-4-21(20)15-22/h1-12,15-16,30,33H,13-14,17-18H2. The number of nitrogens with one attached hydrogen (secondary N) is 1. The topological polar surface area (TPSA) is 52.5 Å². The molecule has 2 heterocycles. The number of hydrogen-bond acceptors (Lipinski definition) is 4. The van der Waals surface area contributed by atoms with Crippen molar-refractivity contribution in [2.24, 2.45) is 0 Å². The normalized spacial score (nSPS) is 13.2. The lowest BCUT2D eigenvalue weighted by molar-refractivity contribution is -0.0498. The van der Waals surface area contributed by atoms with Crippen LogP contribution in [0.3, 0.4) is 0 Å². The lowest BCUT2D eigenvalue weighted by Crippen LogP contribution is -2.27. The molecule has 1 aliphatic rings. The Kier molecular flexibility index (Phi) is 6.06. The second-order valence-corrected chi connectivity index (χ2v) is 9.04. The highest BCUT2D eigenvalue weighted by Crippen LogP contribution is 2.33. The maximum atomic E-state index is 13.8. The van der Waals surface area contributed by atoms with Crippen LogP contribution in [0.25, 0.3) is 21.7 Å². The molecule has 37 heavy (non-hydrogen) atoms. The van der Waals surface area contributed by atoms with Crippen LogP contribution in [0.4, 0.5) is 8.78 Å². The number of benzene rings is 4. The van der Waals surface area contributed by atoms with E-state index in [2.05, 4.69) is 10.1 Å². The Morgan fingerprint density at radius 1 is 0.919 bits per heavy atom. The van der Waals surface area contributed by atoms with E-state index in [0.29, 0.717) is 17.9 Å². The SMILES string of the molecule is O=C(c1ccc2ccccc2c1)n1c2c(c3cc(OCc4ccc(OC(F)F)cc4)ccc31)CCNC2. The first-order valence-corrected chi connectivity index (χ1v) is 12.1. The monoisotopic (exact) mass is 498 g/mol. The fraction of sp³-hybridized carbons (Fsp3) is 0.167. The smallest absolute Gasteiger partial charge is 0.387 e. The van der Waals surface area contributed by atoms with Crippen molar-refractivity contribution in [3.05, 3.63) is 107 Å². The molecule has 0 amide bonds. The molecule has 0 saturated carbocycles. The van der Waals surface area contributed by atoms with Gasteiger partial charge in [-0.1, -0.05) is 42.5 Å². The number of aromatic nitrogens is 1. The van der Waals surface area contributed by atoms with E-state index >= 15 is 0 Å². The highest BCUT2D eigenvalue weighted by molar-refractivity contribution is 6.06. The van der Waals surface area contributed by atoms with Crippen molar-refractivity contribution in [3.8, 4) is 11.5 Å². The minimum absolute atomic E-state index is 0.0551. The third-order valence-corrected chi connectivity index (χ3v) is 6.75. The Balaban J connectivity index is 1.31. The molecular formula is C30H24F2N2O3. The molecule has 0 unspecified atom stereocenters. The van der Waals surface area contributed by atoms with Gasteiger partial charge >= 0.3 is 6.61 Å². The molecule has 4 aromatic carbocycles. The second-order valence-electron chi connectivity index (χ2n) is 9.04. The van der Waals surface area contributed by atoms with Crippen LogP contribution in [0.2, 0.25) is 0 Å². The Morgan fingerprint density at radius 3 is 2.51 bits per heavy atom. The fourth-order valence-electron chi connectivity index (χ4n) is 4.98. The third-order valence-electron chi connectivity index (χ3n) is 6.75. The van der Waals surface area contributed by atoms with Gasteiger partial charge in [0.05, 0.1) is 5.52 Å². The molecule has 7 heteroatoms. The van der Waals surface area contributed by atoms with Crippen molar-refractivity contribution < 1.29 is 23.0 Å². The first kappa shape index (κ1) is 23.2. The summed E-state index contributed by atoms with van der Waals surface area (Å²) in [7, 11) is 0. The van der Waals surface area contributed by atoms with Gasteiger partial charge in [0.25, 0.3) is 5.91 Å². The summed E-state index contributed by atoms with van der Waals surface area (Å²) in [6.07, 6.45) is 0.818. The zero-order valence-electron chi connectivity index (χ0n) is 19.9. The molecular weight excluding hydrogens is 474 g/mol. The van der Waals surface area contributed by atoms with Crippen LogP contribution in [0, 0.1) is 0 Å². The van der Waals surface area contributed by atoms with Gasteiger partial charge in [0, 0.05) is 23.2 Å². The van der Waals surface area contributed by atoms with E-state index in [0.717, 1.165) is 51.5 Å². The van der Waals surface area contributed by atoms with Crippen LogP contribution in [-0.4, -0.2) is 23.6 Å². The van der Waals surface area contributed by atoms with Gasteiger partial charge in [-0.3, -0.25) is 9.36 Å². The molecule has 0 fully saturated rings. The van der Waals surface area contributed by atoms with Gasteiger partial charge in [-0.15, -0.1) is 0 Å². The summed E-state index contributed by atoms with van der Waals surface area (Å²) in [5, 5.41) is 6.52. The number of carbonyl (C=O) groups excluding carboxylic acids is 1. The first-order chi connectivity index (χ1) is 18.1. The Labute approximate surface area is 212 Å². The molecule has 0 aliphatic carbocycles. The minimum atomic E-state index is -2.85. The average Bonchev–Trinajstić information content (AvgIpc) is 3.25. The summed E-state index contributed by atoms with van der Waals surface area (Å²) in [4.78, 5) is 13.8. The van der Waals surface area contributed by atoms with E-state index < -0.39 is 6.61 Å². The first-order valence-electron chi connectivity index (χ1n) is 12.1. The largest absolute Gasteiger partial charge is 0.489 e. The van der Waals surface area contributed by atoms with E-state index in [1.807, 2.05) is 65.2 Å². The quantitative estimate of drug-likeness (QED) is 0.298. The van der Waals surface area contributed by atoms with E-state index in [1.165, 1.54) is 12.1 Å². The van der Waals surface area contributed by atoms with Gasteiger partial charge in [-0.25, -0.2) is 0 Å². The molecule has 0 atom stereocenters. The molecule has 1 aromatic heterocycles. The van der Waals surface area contributed by atoms with E-state index in [9.17, 15) is 13.6 Å². The van der Waals surface area contributed by atoms with Gasteiger partial charge < -0.3 is 14.8 Å². The van der Waals surface area contributed by atoms with Gasteiger partial charge in [-0.05, 0) is 77.3 Å². The van der Waals surface area contributed by atoms with E-state index in [-0.39, 0.29) is 18.3 Å². The van der Waals surface area contributed by atoms with Crippen molar-refractivity contribution in [1.29, 1.82) is 0 Å². The maximum absolute atomic E-state index is 13.8. The van der Waals surface area contributed by atoms with Crippen molar-refractivity contribution >= 4 is 27.6 Å². The number of fused-ring (bicyclic) bond motifs is 4. The van der Waals surface area contributed by atoms with Crippen LogP contribution >= 0.6 is 0 Å². The van der Waals surface area contributed by atoms with Crippen molar-refractivity contribution in [1.82, 2.24) is 9.88 Å². The molecule has 186 valence electrons. The summed E-state index contributed by atoms with van der Waals surface area (Å²) < 4.78 is 37.0. The van der Waals surface area contributed by atoms with Crippen molar-refractivity contribution in [3.63, 3.8) is 0 Å². The highest BCUT2D eigenvalue weighted by atomic mass is 19.3. The van der Waals surface area contributed by atoms with Gasteiger partial charge in [-0.2, -0.15) is 8.78 Å². The molecule has 0 saturated heterocycles. The van der Waals surface area contributed by atoms with Crippen molar-refractivity contribution in [2.45, 2.75) is 26.2 Å². The summed E-state index contributed by atoms with van der Waals surface area (Å²) in [6, 6.07) is 26.0. The lowest BCUT2D eigenvalue weighted by atomic mass is 10.0. The third kappa shape index (κ3) is 4.54. The molecule has 0 spiro atoms. The number of ether oxygens (including phenoxy) is 2. The average molecular weight is 499 g/mol. The van der Waals surface area contributed by atoms with Gasteiger partial charge in [0.15, 0.2) is 0 Å². The number of carbonyl (C=O) groups is 1. The summed E-state index contributed by atoms with van der Waals surface area (Å²) in [6.45, 7) is -1.11. The Hall–Kier alpha value is -4.23. The van der Waals surface area contributed by atoms with Crippen LogP contribution in [-0.2, 0) is 19.6 Å². The number of alkyl halides is 2. The van der Waals surface area contributed by atoms with Gasteiger partial charge in [0.2, 0.25) is 0 Å². The molecule has 1 aliphatic heterocycles. The Morgan fingerprint density at radius 2 is 1.70 bits per heavy atom. The van der Waals surface area contributed by atoms with Crippen molar-refractivity contribution in [2.75, 3.05) is 6.54 Å². The predicted octanol–water partition coefficient (Wildman–Crippen LogP) is 6.31. The number of nitrogens with zero attached hydrogens (tertiary/aromatic N) is 1. The minimum Gasteiger partial charge on any atom is -0.489 e. The zero-order chi connectivity index (χ0) is 25.4. The Bertz CT molecular complexity index is 1610. The van der Waals surface area contributed by atoms with Gasteiger partial charge in [0.1, 0.15) is 18.1 Å². The summed E-state index contributed by atoms with van der Waals surface area (Å²) >= 11 is 0. The summed E-state index contributed by atoms with van der Waals surface area (Å²) in [5.41, 5.74) is 4.46. The second kappa shape index (κ2) is 9.67. The number of hydrogen-bond donors (Lipinski definition) is 1. The maximum Gasteiger partial charge on any atom is 0.387 e. The highest BCUT2D eigenvalue weighted by Gasteiger charge is 2.24. The van der Waals surface area contributed by atoms with Crippen LogP contribution in [0.1, 0.15) is 27.2 Å². The lowest BCUT2D eigenvalue weighted by Gasteiger charge is -2.16. The molecule has 5 nitrogen and oxygen atoms in total. The fourth-order valence-corrected chi connectivity index (χ4v) is 4.98. The van der Waals surface area contributed by atoms with E-state index in [4.69, 9.17) is 4.74 Å². The summed E-state index contributed by atoms with van der Waals surface area (Å²) in [5.74, 6) is 0.732. The van der Waals surface area contributed by atoms with Crippen LogP contribution in [0.15, 0.2) is 84.9 Å². The molecule has 0 bridgehead atoms. The molecule has 1 N–H and O–H groups in total. The number of halogens is 2. The van der Waals surface area contributed by atoms with Crippen LogP contribution < -0.4 is 14.8 Å². The van der Waals surface area contributed by atoms with E-state index in [1.54, 1.807) is 12.1 Å². The zero-order valence-corrected chi connectivity index (χ0v) is 19.9. The molecule has 5 aromatic rings.